The predicted octanol–water partition coefficient (Wildman–Crippen LogP) is 2.78. The average molecular weight is 349 g/mol. The predicted molar refractivity (Wildman–Crippen MR) is 76.4 cm³/mol. The first-order valence-corrected chi connectivity index (χ1v) is 7.07. The van der Waals surface area contributed by atoms with Crippen LogP contribution < -0.4 is 0 Å². The number of halogens is 2. The summed E-state index contributed by atoms with van der Waals surface area (Å²) < 4.78 is 6.25. The third kappa shape index (κ3) is 3.92. The van der Waals surface area contributed by atoms with Crippen LogP contribution in [0.2, 0.25) is 5.02 Å². The van der Waals surface area contributed by atoms with Crippen molar-refractivity contribution >= 4 is 33.5 Å². The number of hydrogen-bond donors (Lipinski definition) is 1. The summed E-state index contributed by atoms with van der Waals surface area (Å²) in [7, 11) is 0. The maximum Gasteiger partial charge on any atom is 0.329 e. The fourth-order valence-corrected chi connectivity index (χ4v) is 2.78. The fraction of sp³-hybridized carbons (Fsp3) is 0.462. The molecule has 1 N–H and O–H groups in total. The number of benzene rings is 1. The number of likely N-dealkylation sites (tertiary alicyclic amines) is 1. The normalized spacial score (nSPS) is 18.1. The Balaban J connectivity index is 1.84. The Morgan fingerprint density at radius 3 is 2.84 bits per heavy atom. The smallest absolute Gasteiger partial charge is 0.329 e. The van der Waals surface area contributed by atoms with Crippen molar-refractivity contribution in [2.24, 2.45) is 0 Å². The van der Waals surface area contributed by atoms with Gasteiger partial charge in [-0.05, 0) is 40.5 Å². The highest BCUT2D eigenvalue weighted by atomic mass is 79.9. The molecule has 0 aliphatic carbocycles. The summed E-state index contributed by atoms with van der Waals surface area (Å²) in [4.78, 5) is 12.7. The van der Waals surface area contributed by atoms with Gasteiger partial charge in [0.05, 0.1) is 10.6 Å². The third-order valence-electron chi connectivity index (χ3n) is 3.05. The zero-order valence-electron chi connectivity index (χ0n) is 10.5. The topological polar surface area (TPSA) is 49.8 Å². The Morgan fingerprint density at radius 1 is 1.58 bits per heavy atom. The molecule has 0 atom stereocenters. The summed E-state index contributed by atoms with van der Waals surface area (Å²) in [6, 6.07) is 5.85. The molecular formula is C13H15BrClNO3. The van der Waals surface area contributed by atoms with Gasteiger partial charge in [-0.15, -0.1) is 0 Å². The Bertz CT molecular complexity index is 489. The number of rotatable bonds is 5. The van der Waals surface area contributed by atoms with Crippen molar-refractivity contribution in [1.82, 2.24) is 4.90 Å². The number of aliphatic carboxylic acids is 1. The second kappa shape index (κ2) is 5.79. The Morgan fingerprint density at radius 2 is 2.26 bits per heavy atom. The molecule has 1 aromatic carbocycles. The largest absolute Gasteiger partial charge is 0.480 e. The molecule has 0 aromatic heterocycles. The molecule has 1 aromatic rings. The Kier molecular flexibility index (Phi) is 4.50. The fourth-order valence-electron chi connectivity index (χ4n) is 2.23. The van der Waals surface area contributed by atoms with Crippen LogP contribution in [0.5, 0.6) is 0 Å². The first-order valence-electron chi connectivity index (χ1n) is 5.90. The monoisotopic (exact) mass is 347 g/mol. The molecule has 19 heavy (non-hydrogen) atoms. The number of nitrogens with zero attached hydrogens (tertiary/aromatic N) is 1. The molecule has 2 rings (SSSR count). The van der Waals surface area contributed by atoms with Gasteiger partial charge in [-0.25, -0.2) is 4.79 Å². The van der Waals surface area contributed by atoms with E-state index in [9.17, 15) is 4.79 Å². The van der Waals surface area contributed by atoms with Crippen LogP contribution in [0.4, 0.5) is 0 Å². The molecule has 1 heterocycles. The summed E-state index contributed by atoms with van der Waals surface area (Å²) in [6.45, 7) is 3.98. The van der Waals surface area contributed by atoms with Crippen molar-refractivity contribution in [2.45, 2.75) is 19.1 Å². The van der Waals surface area contributed by atoms with Crippen LogP contribution in [-0.4, -0.2) is 41.3 Å². The molecule has 0 radical (unpaired) electrons. The summed E-state index contributed by atoms with van der Waals surface area (Å²) in [5.74, 6) is -0.929. The lowest BCUT2D eigenvalue weighted by molar-refractivity contribution is -0.165. The second-order valence-corrected chi connectivity index (χ2v) is 6.29. The van der Waals surface area contributed by atoms with Gasteiger partial charge < -0.3 is 9.84 Å². The van der Waals surface area contributed by atoms with Crippen molar-refractivity contribution in [3.8, 4) is 0 Å². The van der Waals surface area contributed by atoms with Gasteiger partial charge in [0, 0.05) is 24.1 Å². The van der Waals surface area contributed by atoms with Crippen LogP contribution in [0, 0.1) is 0 Å². The van der Waals surface area contributed by atoms with Gasteiger partial charge in [0.2, 0.25) is 0 Å². The van der Waals surface area contributed by atoms with E-state index in [0.29, 0.717) is 5.02 Å². The molecule has 6 heteroatoms. The van der Waals surface area contributed by atoms with Crippen molar-refractivity contribution in [1.29, 1.82) is 0 Å². The zero-order valence-corrected chi connectivity index (χ0v) is 12.9. The van der Waals surface area contributed by atoms with E-state index in [1.165, 1.54) is 0 Å². The van der Waals surface area contributed by atoms with E-state index < -0.39 is 5.97 Å². The number of carbonyl (C=O) groups is 1. The van der Waals surface area contributed by atoms with Crippen LogP contribution >= 0.6 is 27.5 Å². The first kappa shape index (κ1) is 14.8. The molecule has 1 fully saturated rings. The van der Waals surface area contributed by atoms with E-state index in [1.54, 1.807) is 0 Å². The van der Waals surface area contributed by atoms with Gasteiger partial charge in [0.1, 0.15) is 6.61 Å². The zero-order chi connectivity index (χ0) is 14.0. The maximum atomic E-state index is 10.5. The van der Waals surface area contributed by atoms with E-state index in [1.807, 2.05) is 25.1 Å². The summed E-state index contributed by atoms with van der Waals surface area (Å²) in [5.41, 5.74) is 0.818. The molecule has 104 valence electrons. The van der Waals surface area contributed by atoms with Crippen molar-refractivity contribution in [2.75, 3.05) is 19.7 Å². The first-order chi connectivity index (χ1) is 8.88. The van der Waals surface area contributed by atoms with E-state index in [-0.39, 0.29) is 12.2 Å². The van der Waals surface area contributed by atoms with Crippen LogP contribution in [-0.2, 0) is 16.1 Å². The minimum absolute atomic E-state index is 0.239. The molecule has 0 unspecified atom stereocenters. The Hall–Kier alpha value is -0.620. The number of carboxylic acids is 1. The summed E-state index contributed by atoms with van der Waals surface area (Å²) >= 11 is 9.34. The van der Waals surface area contributed by atoms with E-state index in [0.717, 1.165) is 29.7 Å². The average Bonchev–Trinajstić information content (AvgIpc) is 2.29. The van der Waals surface area contributed by atoms with Gasteiger partial charge in [0.25, 0.3) is 0 Å². The molecular weight excluding hydrogens is 334 g/mol. The van der Waals surface area contributed by atoms with Gasteiger partial charge in [-0.1, -0.05) is 17.7 Å². The molecule has 0 amide bonds. The van der Waals surface area contributed by atoms with Crippen molar-refractivity contribution in [3.05, 3.63) is 33.3 Å². The standard InChI is InChI=1S/C13H15BrClNO3/c1-13(19-6-12(17)18)7-16(8-13)5-9-2-3-11(15)10(14)4-9/h2-4H,5-8H2,1H3,(H,17,18). The molecule has 0 spiro atoms. The van der Waals surface area contributed by atoms with E-state index in [2.05, 4.69) is 20.8 Å². The van der Waals surface area contributed by atoms with Crippen LogP contribution in [0.15, 0.2) is 22.7 Å². The molecule has 0 saturated carbocycles. The van der Waals surface area contributed by atoms with Gasteiger partial charge >= 0.3 is 5.97 Å². The molecule has 0 bridgehead atoms. The van der Waals surface area contributed by atoms with Crippen LogP contribution in [0.25, 0.3) is 0 Å². The lowest BCUT2D eigenvalue weighted by atomic mass is 9.95. The minimum atomic E-state index is -0.929. The number of carboxylic acid groups (broad SMARTS) is 1. The molecule has 1 aliphatic heterocycles. The van der Waals surface area contributed by atoms with Crippen molar-refractivity contribution < 1.29 is 14.6 Å². The lowest BCUT2D eigenvalue weighted by Gasteiger charge is -2.47. The SMILES string of the molecule is CC1(OCC(=O)O)CN(Cc2ccc(Cl)c(Br)c2)C1. The van der Waals surface area contributed by atoms with Gasteiger partial charge in [0.15, 0.2) is 0 Å². The Labute approximate surface area is 125 Å². The quantitative estimate of drug-likeness (QED) is 0.889. The van der Waals surface area contributed by atoms with Crippen LogP contribution in [0.1, 0.15) is 12.5 Å². The number of ether oxygens (including phenoxy) is 1. The highest BCUT2D eigenvalue weighted by Crippen LogP contribution is 2.28. The highest BCUT2D eigenvalue weighted by molar-refractivity contribution is 9.10. The lowest BCUT2D eigenvalue weighted by Crippen LogP contribution is -2.61. The second-order valence-electron chi connectivity index (χ2n) is 5.03. The van der Waals surface area contributed by atoms with E-state index in [4.69, 9.17) is 21.4 Å². The third-order valence-corrected chi connectivity index (χ3v) is 4.26. The highest BCUT2D eigenvalue weighted by Gasteiger charge is 2.39. The maximum absolute atomic E-state index is 10.5. The molecule has 1 saturated heterocycles. The van der Waals surface area contributed by atoms with Gasteiger partial charge in [-0.3, -0.25) is 4.90 Å². The van der Waals surface area contributed by atoms with Gasteiger partial charge in [-0.2, -0.15) is 0 Å². The van der Waals surface area contributed by atoms with E-state index >= 15 is 0 Å². The summed E-state index contributed by atoms with van der Waals surface area (Å²) in [5, 5.41) is 9.29. The molecule has 4 nitrogen and oxygen atoms in total. The van der Waals surface area contributed by atoms with Crippen molar-refractivity contribution in [3.63, 3.8) is 0 Å². The number of hydrogen-bond acceptors (Lipinski definition) is 3. The van der Waals surface area contributed by atoms with Crippen LogP contribution in [0.3, 0.4) is 0 Å². The minimum Gasteiger partial charge on any atom is -0.480 e. The summed E-state index contributed by atoms with van der Waals surface area (Å²) in [6.07, 6.45) is 0. The molecule has 1 aliphatic rings.